The van der Waals surface area contributed by atoms with Crippen molar-refractivity contribution in [1.82, 2.24) is 10.6 Å². The number of hydrogen-bond acceptors (Lipinski definition) is 4. The van der Waals surface area contributed by atoms with Crippen molar-refractivity contribution in [3.8, 4) is 0 Å². The molecule has 2 N–H and O–H groups in total. The van der Waals surface area contributed by atoms with Gasteiger partial charge in [-0.1, -0.05) is 0 Å². The lowest BCUT2D eigenvalue weighted by Crippen LogP contribution is -2.41. The van der Waals surface area contributed by atoms with Gasteiger partial charge in [0, 0.05) is 12.1 Å². The largest absolute Gasteiger partial charge is 0.349 e. The van der Waals surface area contributed by atoms with Crippen LogP contribution in [0.3, 0.4) is 0 Å². The van der Waals surface area contributed by atoms with Crippen LogP contribution >= 0.6 is 0 Å². The molecule has 0 radical (unpaired) electrons. The van der Waals surface area contributed by atoms with Gasteiger partial charge in [0.05, 0.1) is 11.0 Å². The number of benzene rings is 1. The SMILES string of the molecule is CNC1CCC(NC(=O)c2ccc(F)cc2[N+](=O)[O-])CC1. The van der Waals surface area contributed by atoms with Gasteiger partial charge in [-0.3, -0.25) is 14.9 Å². The fourth-order valence-electron chi connectivity index (χ4n) is 2.64. The van der Waals surface area contributed by atoms with E-state index < -0.39 is 22.3 Å². The van der Waals surface area contributed by atoms with Gasteiger partial charge in [-0.15, -0.1) is 0 Å². The van der Waals surface area contributed by atoms with Gasteiger partial charge in [-0.25, -0.2) is 4.39 Å². The molecule has 0 unspecified atom stereocenters. The van der Waals surface area contributed by atoms with Crippen LogP contribution in [0.4, 0.5) is 10.1 Å². The Hall–Kier alpha value is -2.02. The third kappa shape index (κ3) is 3.75. The van der Waals surface area contributed by atoms with Crippen LogP contribution < -0.4 is 10.6 Å². The number of halogens is 1. The second kappa shape index (κ2) is 6.62. The highest BCUT2D eigenvalue weighted by Gasteiger charge is 2.25. The predicted molar refractivity (Wildman–Crippen MR) is 75.6 cm³/mol. The van der Waals surface area contributed by atoms with E-state index >= 15 is 0 Å². The third-order valence-electron chi connectivity index (χ3n) is 3.87. The number of rotatable bonds is 4. The molecule has 0 atom stereocenters. The zero-order chi connectivity index (χ0) is 15.4. The molecule has 0 aliphatic heterocycles. The Labute approximate surface area is 121 Å². The molecule has 1 aromatic carbocycles. The minimum Gasteiger partial charge on any atom is -0.349 e. The zero-order valence-electron chi connectivity index (χ0n) is 11.8. The molecule has 0 spiro atoms. The summed E-state index contributed by atoms with van der Waals surface area (Å²) < 4.78 is 13.1. The second-order valence-electron chi connectivity index (χ2n) is 5.23. The fourth-order valence-corrected chi connectivity index (χ4v) is 2.64. The van der Waals surface area contributed by atoms with E-state index in [1.165, 1.54) is 0 Å². The number of nitrogens with zero attached hydrogens (tertiary/aromatic N) is 1. The Morgan fingerprint density at radius 3 is 2.48 bits per heavy atom. The Balaban J connectivity index is 2.06. The van der Waals surface area contributed by atoms with Crippen molar-refractivity contribution < 1.29 is 14.1 Å². The number of hydrogen-bond donors (Lipinski definition) is 2. The highest BCUT2D eigenvalue weighted by Crippen LogP contribution is 2.22. The first kappa shape index (κ1) is 15.4. The molecular formula is C14H18FN3O3. The van der Waals surface area contributed by atoms with Crippen LogP contribution in [0.2, 0.25) is 0 Å². The Kier molecular flexibility index (Phi) is 4.85. The quantitative estimate of drug-likeness (QED) is 0.657. The molecule has 1 aliphatic carbocycles. The number of nitro groups is 1. The molecular weight excluding hydrogens is 277 g/mol. The summed E-state index contributed by atoms with van der Waals surface area (Å²) in [6.45, 7) is 0. The molecule has 114 valence electrons. The molecule has 21 heavy (non-hydrogen) atoms. The first-order valence-electron chi connectivity index (χ1n) is 6.93. The average molecular weight is 295 g/mol. The van der Waals surface area contributed by atoms with Gasteiger partial charge in [0.1, 0.15) is 11.4 Å². The maximum atomic E-state index is 13.1. The van der Waals surface area contributed by atoms with E-state index in [4.69, 9.17) is 0 Å². The van der Waals surface area contributed by atoms with Crippen molar-refractivity contribution in [2.75, 3.05) is 7.05 Å². The van der Waals surface area contributed by atoms with Crippen molar-refractivity contribution in [1.29, 1.82) is 0 Å². The lowest BCUT2D eigenvalue weighted by atomic mass is 9.91. The smallest absolute Gasteiger partial charge is 0.285 e. The lowest BCUT2D eigenvalue weighted by Gasteiger charge is -2.28. The maximum Gasteiger partial charge on any atom is 0.285 e. The van der Waals surface area contributed by atoms with Crippen LogP contribution in [0, 0.1) is 15.9 Å². The van der Waals surface area contributed by atoms with Gasteiger partial charge in [-0.05, 0) is 44.9 Å². The van der Waals surface area contributed by atoms with Gasteiger partial charge in [0.2, 0.25) is 0 Å². The van der Waals surface area contributed by atoms with Crippen LogP contribution in [-0.4, -0.2) is 30.0 Å². The van der Waals surface area contributed by atoms with E-state index in [1.807, 2.05) is 7.05 Å². The van der Waals surface area contributed by atoms with E-state index in [1.54, 1.807) is 0 Å². The molecule has 0 saturated heterocycles. The van der Waals surface area contributed by atoms with Crippen LogP contribution in [0.25, 0.3) is 0 Å². The Morgan fingerprint density at radius 2 is 1.90 bits per heavy atom. The zero-order valence-corrected chi connectivity index (χ0v) is 11.8. The lowest BCUT2D eigenvalue weighted by molar-refractivity contribution is -0.385. The number of nitro benzene ring substituents is 1. The summed E-state index contributed by atoms with van der Waals surface area (Å²) in [4.78, 5) is 22.3. The Morgan fingerprint density at radius 1 is 1.29 bits per heavy atom. The average Bonchev–Trinajstić information content (AvgIpc) is 2.47. The van der Waals surface area contributed by atoms with Crippen LogP contribution in [-0.2, 0) is 0 Å². The monoisotopic (exact) mass is 295 g/mol. The van der Waals surface area contributed by atoms with Crippen molar-refractivity contribution in [2.24, 2.45) is 0 Å². The summed E-state index contributed by atoms with van der Waals surface area (Å²) in [5, 5.41) is 16.9. The van der Waals surface area contributed by atoms with Crippen LogP contribution in [0.1, 0.15) is 36.0 Å². The molecule has 6 nitrogen and oxygen atoms in total. The predicted octanol–water partition coefficient (Wildman–Crippen LogP) is 1.99. The van der Waals surface area contributed by atoms with Crippen molar-refractivity contribution in [2.45, 2.75) is 37.8 Å². The first-order valence-corrected chi connectivity index (χ1v) is 6.93. The molecule has 0 bridgehead atoms. The molecule has 2 rings (SSSR count). The molecule has 1 saturated carbocycles. The number of amides is 1. The van der Waals surface area contributed by atoms with Crippen LogP contribution in [0.15, 0.2) is 18.2 Å². The molecule has 1 aromatic rings. The minimum absolute atomic E-state index is 0.00626. The number of carbonyl (C=O) groups is 1. The Bertz CT molecular complexity index is 542. The standard InChI is InChI=1S/C14H18FN3O3/c1-16-10-3-5-11(6-4-10)17-14(19)12-7-2-9(15)8-13(12)18(20)21/h2,7-8,10-11,16H,3-6H2,1H3,(H,17,19). The van der Waals surface area contributed by atoms with Crippen molar-refractivity contribution >= 4 is 11.6 Å². The minimum atomic E-state index is -0.740. The summed E-state index contributed by atoms with van der Waals surface area (Å²) >= 11 is 0. The summed E-state index contributed by atoms with van der Waals surface area (Å²) in [5.41, 5.74) is -0.603. The van der Waals surface area contributed by atoms with E-state index in [9.17, 15) is 19.3 Å². The second-order valence-corrected chi connectivity index (χ2v) is 5.23. The number of carbonyl (C=O) groups excluding carboxylic acids is 1. The highest BCUT2D eigenvalue weighted by molar-refractivity contribution is 5.98. The summed E-state index contributed by atoms with van der Waals surface area (Å²) in [6.07, 6.45) is 3.55. The van der Waals surface area contributed by atoms with E-state index in [2.05, 4.69) is 10.6 Å². The number of nitrogens with one attached hydrogen (secondary N) is 2. The molecule has 1 amide bonds. The third-order valence-corrected chi connectivity index (χ3v) is 3.87. The topological polar surface area (TPSA) is 84.3 Å². The molecule has 0 heterocycles. The van der Waals surface area contributed by atoms with E-state index in [0.29, 0.717) is 6.04 Å². The van der Waals surface area contributed by atoms with E-state index in [0.717, 1.165) is 43.9 Å². The van der Waals surface area contributed by atoms with Gasteiger partial charge >= 0.3 is 0 Å². The summed E-state index contributed by atoms with van der Waals surface area (Å²) in [7, 11) is 1.91. The summed E-state index contributed by atoms with van der Waals surface area (Å²) in [5.74, 6) is -1.25. The van der Waals surface area contributed by atoms with Gasteiger partial charge in [0.25, 0.3) is 11.6 Å². The van der Waals surface area contributed by atoms with Gasteiger partial charge in [0.15, 0.2) is 0 Å². The van der Waals surface area contributed by atoms with Crippen molar-refractivity contribution in [3.63, 3.8) is 0 Å². The fraction of sp³-hybridized carbons (Fsp3) is 0.500. The molecule has 1 fully saturated rings. The molecule has 1 aliphatic rings. The summed E-state index contributed by atoms with van der Waals surface area (Å²) in [6, 6.07) is 3.44. The van der Waals surface area contributed by atoms with Crippen molar-refractivity contribution in [3.05, 3.63) is 39.7 Å². The maximum absolute atomic E-state index is 13.1. The van der Waals surface area contributed by atoms with Crippen LogP contribution in [0.5, 0.6) is 0 Å². The first-order chi connectivity index (χ1) is 10.0. The molecule has 0 aromatic heterocycles. The van der Waals surface area contributed by atoms with Gasteiger partial charge < -0.3 is 10.6 Å². The van der Waals surface area contributed by atoms with Gasteiger partial charge in [-0.2, -0.15) is 0 Å². The molecule has 7 heteroatoms. The van der Waals surface area contributed by atoms with E-state index in [-0.39, 0.29) is 11.6 Å². The highest BCUT2D eigenvalue weighted by atomic mass is 19.1. The normalized spacial score (nSPS) is 21.8.